The van der Waals surface area contributed by atoms with Gasteiger partial charge in [0.25, 0.3) is 0 Å². The highest BCUT2D eigenvalue weighted by molar-refractivity contribution is 7.98. The van der Waals surface area contributed by atoms with Crippen molar-refractivity contribution in [2.75, 3.05) is 19.1 Å². The lowest BCUT2D eigenvalue weighted by Crippen LogP contribution is -2.62. The van der Waals surface area contributed by atoms with E-state index in [1.807, 2.05) is 30.5 Å². The van der Waals surface area contributed by atoms with Gasteiger partial charge in [-0.05, 0) is 80.6 Å². The highest BCUT2D eigenvalue weighted by Gasteiger charge is 2.50. The third kappa shape index (κ3) is 5.07. The van der Waals surface area contributed by atoms with Gasteiger partial charge in [0.1, 0.15) is 17.7 Å². The number of amides is 2. The summed E-state index contributed by atoms with van der Waals surface area (Å²) in [5.74, 6) is 1.04. The second-order valence-electron chi connectivity index (χ2n) is 11.5. The summed E-state index contributed by atoms with van der Waals surface area (Å²) < 4.78 is 6.07. The maximum atomic E-state index is 13.9. The number of carbonyl (C=O) groups excluding carboxylic acids is 2. The molecule has 6 rings (SSSR count). The normalized spacial score (nSPS) is 28.5. The molecular formula is C28H37N3O5S. The summed E-state index contributed by atoms with van der Waals surface area (Å²) >= 11 is 1.36. The van der Waals surface area contributed by atoms with Gasteiger partial charge in [-0.3, -0.25) is 4.79 Å². The van der Waals surface area contributed by atoms with Gasteiger partial charge >= 0.3 is 12.1 Å². The molecular weight excluding hydrogens is 490 g/mol. The van der Waals surface area contributed by atoms with Crippen LogP contribution >= 0.6 is 11.8 Å². The fourth-order valence-electron chi connectivity index (χ4n) is 7.32. The third-order valence-corrected chi connectivity index (χ3v) is 9.50. The number of likely N-dealkylation sites (N-methyl/N-ethyl adjacent to an activating group) is 1. The SMILES string of the molecule is CSC[C@@H](C(=O)O)N(C)C(=O)[C@@](C)(Cc1c[nH]c2ccccc12)NC(=O)OC1C2CC3CC(C2)CC1C3. The van der Waals surface area contributed by atoms with Gasteiger partial charge in [-0.25, -0.2) is 9.59 Å². The van der Waals surface area contributed by atoms with E-state index in [4.69, 9.17) is 4.74 Å². The molecule has 37 heavy (non-hydrogen) atoms. The molecule has 0 radical (unpaired) electrons. The van der Waals surface area contributed by atoms with Crippen LogP contribution in [0.1, 0.15) is 44.6 Å². The van der Waals surface area contributed by atoms with Gasteiger partial charge in [-0.15, -0.1) is 0 Å². The van der Waals surface area contributed by atoms with E-state index < -0.39 is 29.6 Å². The molecule has 1 aromatic heterocycles. The Morgan fingerprint density at radius 3 is 2.43 bits per heavy atom. The summed E-state index contributed by atoms with van der Waals surface area (Å²) in [6.45, 7) is 1.67. The van der Waals surface area contributed by atoms with Crippen molar-refractivity contribution in [3.63, 3.8) is 0 Å². The van der Waals surface area contributed by atoms with Crippen molar-refractivity contribution in [2.24, 2.45) is 23.7 Å². The minimum atomic E-state index is -1.39. The smallest absolute Gasteiger partial charge is 0.408 e. The molecule has 2 atom stereocenters. The lowest BCUT2D eigenvalue weighted by molar-refractivity contribution is -0.150. The Bertz CT molecular complexity index is 1150. The van der Waals surface area contributed by atoms with Crippen LogP contribution in [0.4, 0.5) is 4.79 Å². The Morgan fingerprint density at radius 2 is 1.81 bits per heavy atom. The number of aliphatic carboxylic acids is 1. The average molecular weight is 528 g/mol. The molecule has 3 N–H and O–H groups in total. The lowest BCUT2D eigenvalue weighted by atomic mass is 9.55. The Hall–Kier alpha value is -2.68. The quantitative estimate of drug-likeness (QED) is 0.449. The van der Waals surface area contributed by atoms with E-state index in [0.29, 0.717) is 11.8 Å². The number of nitrogens with zero attached hydrogens (tertiary/aromatic N) is 1. The topological polar surface area (TPSA) is 112 Å². The third-order valence-electron chi connectivity index (χ3n) is 8.85. The number of ether oxygens (including phenoxy) is 1. The first-order chi connectivity index (χ1) is 17.7. The highest BCUT2D eigenvalue weighted by atomic mass is 32.2. The predicted octanol–water partition coefficient (Wildman–Crippen LogP) is 4.29. The first kappa shape index (κ1) is 25.9. The van der Waals surface area contributed by atoms with Crippen molar-refractivity contribution >= 4 is 40.6 Å². The fraction of sp³-hybridized carbons (Fsp3) is 0.607. The standard InChI is InChI=1S/C28H37N3O5S/c1-28(26(34)31(2)23(15-37-3)25(32)33,13-20-14-29-22-7-5-4-6-21(20)22)30-27(35)36-24-18-9-16-8-17(11-18)12-19(24)10-16/h4-7,14,16-19,23-24,29H,8-13,15H2,1-3H3,(H,30,35)(H,32,33)/t16?,17?,18?,19?,23-,24?,28+/m0/s1. The molecule has 4 bridgehead atoms. The maximum absolute atomic E-state index is 13.9. The predicted molar refractivity (Wildman–Crippen MR) is 143 cm³/mol. The van der Waals surface area contributed by atoms with Crippen LogP contribution in [0.2, 0.25) is 0 Å². The van der Waals surface area contributed by atoms with Crippen molar-refractivity contribution in [2.45, 2.75) is 63.1 Å². The van der Waals surface area contributed by atoms with E-state index in [9.17, 15) is 19.5 Å². The molecule has 4 saturated carbocycles. The number of thioether (sulfide) groups is 1. The van der Waals surface area contributed by atoms with E-state index in [-0.39, 0.29) is 18.3 Å². The van der Waals surface area contributed by atoms with Crippen LogP contribution in [0.25, 0.3) is 10.9 Å². The van der Waals surface area contributed by atoms with Crippen molar-refractivity contribution in [3.05, 3.63) is 36.0 Å². The number of carboxylic acid groups (broad SMARTS) is 1. The number of alkyl carbamates (subject to hydrolysis) is 1. The number of H-pyrrole nitrogens is 1. The van der Waals surface area contributed by atoms with E-state index in [1.54, 1.807) is 13.2 Å². The number of para-hydroxylation sites is 1. The molecule has 4 fully saturated rings. The molecule has 200 valence electrons. The molecule has 0 unspecified atom stereocenters. The summed E-state index contributed by atoms with van der Waals surface area (Å²) in [5.41, 5.74) is 0.406. The number of nitrogens with one attached hydrogen (secondary N) is 2. The molecule has 0 aliphatic heterocycles. The van der Waals surface area contributed by atoms with E-state index in [1.165, 1.54) is 30.1 Å². The average Bonchev–Trinajstić information content (AvgIpc) is 3.25. The van der Waals surface area contributed by atoms with Gasteiger partial charge in [0.15, 0.2) is 0 Å². The minimum absolute atomic E-state index is 0.110. The van der Waals surface area contributed by atoms with Crippen LogP contribution in [0.15, 0.2) is 30.5 Å². The van der Waals surface area contributed by atoms with Crippen molar-refractivity contribution < 1.29 is 24.2 Å². The minimum Gasteiger partial charge on any atom is -0.480 e. The van der Waals surface area contributed by atoms with Gasteiger partial charge in [0, 0.05) is 36.3 Å². The van der Waals surface area contributed by atoms with Crippen molar-refractivity contribution in [1.82, 2.24) is 15.2 Å². The summed E-state index contributed by atoms with van der Waals surface area (Å²) in [5, 5.41) is 13.6. The Morgan fingerprint density at radius 1 is 1.16 bits per heavy atom. The van der Waals surface area contributed by atoms with Crippen LogP contribution < -0.4 is 5.32 Å². The second kappa shape index (κ2) is 10.2. The summed E-state index contributed by atoms with van der Waals surface area (Å²) in [6.07, 6.45) is 8.93. The fourth-order valence-corrected chi connectivity index (χ4v) is 8.00. The van der Waals surface area contributed by atoms with E-state index in [0.717, 1.165) is 54.0 Å². The van der Waals surface area contributed by atoms with Gasteiger partial charge < -0.3 is 25.0 Å². The van der Waals surface area contributed by atoms with Crippen LogP contribution in [-0.4, -0.2) is 69.7 Å². The molecule has 8 nitrogen and oxygen atoms in total. The number of carbonyl (C=O) groups is 3. The van der Waals surface area contributed by atoms with Gasteiger partial charge in [0.2, 0.25) is 5.91 Å². The Kier molecular flexibility index (Phi) is 7.18. The molecule has 0 saturated heterocycles. The number of rotatable bonds is 9. The summed E-state index contributed by atoms with van der Waals surface area (Å²) in [4.78, 5) is 43.7. The number of aromatic nitrogens is 1. The number of hydrogen-bond donors (Lipinski definition) is 3. The lowest BCUT2D eigenvalue weighted by Gasteiger charge is -2.53. The maximum Gasteiger partial charge on any atom is 0.408 e. The number of benzene rings is 1. The zero-order valence-corrected chi connectivity index (χ0v) is 22.6. The van der Waals surface area contributed by atoms with Crippen LogP contribution in [-0.2, 0) is 20.7 Å². The van der Waals surface area contributed by atoms with Crippen molar-refractivity contribution in [3.8, 4) is 0 Å². The number of aromatic amines is 1. The number of fused-ring (bicyclic) bond motifs is 1. The first-order valence-electron chi connectivity index (χ1n) is 13.2. The highest BCUT2D eigenvalue weighted by Crippen LogP contribution is 2.54. The molecule has 4 aliphatic rings. The summed E-state index contributed by atoms with van der Waals surface area (Å²) in [7, 11) is 1.50. The zero-order valence-electron chi connectivity index (χ0n) is 21.7. The largest absolute Gasteiger partial charge is 0.480 e. The Labute approximate surface area is 221 Å². The van der Waals surface area contributed by atoms with E-state index >= 15 is 0 Å². The first-order valence-corrected chi connectivity index (χ1v) is 14.6. The van der Waals surface area contributed by atoms with Crippen LogP contribution in [0.5, 0.6) is 0 Å². The zero-order chi connectivity index (χ0) is 26.3. The molecule has 2 amide bonds. The van der Waals surface area contributed by atoms with E-state index in [2.05, 4.69) is 10.3 Å². The van der Waals surface area contributed by atoms with Gasteiger partial charge in [-0.1, -0.05) is 18.2 Å². The summed E-state index contributed by atoms with van der Waals surface area (Å²) in [6, 6.07) is 6.78. The molecule has 1 aromatic carbocycles. The molecule has 1 heterocycles. The van der Waals surface area contributed by atoms with Gasteiger partial charge in [0.05, 0.1) is 0 Å². The van der Waals surface area contributed by atoms with Crippen LogP contribution in [0, 0.1) is 23.7 Å². The molecule has 2 aromatic rings. The molecule has 4 aliphatic carbocycles. The molecule has 0 spiro atoms. The Balaban J connectivity index is 1.39. The van der Waals surface area contributed by atoms with Crippen LogP contribution in [0.3, 0.4) is 0 Å². The van der Waals surface area contributed by atoms with Crippen molar-refractivity contribution in [1.29, 1.82) is 0 Å². The molecule has 9 heteroatoms. The number of hydrogen-bond acceptors (Lipinski definition) is 5. The van der Waals surface area contributed by atoms with Gasteiger partial charge in [-0.2, -0.15) is 11.8 Å². The number of carboxylic acids is 1. The second-order valence-corrected chi connectivity index (χ2v) is 12.4. The monoisotopic (exact) mass is 527 g/mol.